The van der Waals surface area contributed by atoms with Gasteiger partial charge in [0.25, 0.3) is 0 Å². The summed E-state index contributed by atoms with van der Waals surface area (Å²) in [7, 11) is 0. The molecule has 1 rings (SSSR count). The van der Waals surface area contributed by atoms with Crippen LogP contribution < -0.4 is 0 Å². The standard InChI is InChI=1S/C8H6Br2N2/c1-5(11-2)8-6(9)3-12-4-7(8)10/h3-5H,1H3. The molecule has 62 valence electrons. The summed E-state index contributed by atoms with van der Waals surface area (Å²) < 4.78 is 1.75. The first-order chi connectivity index (χ1) is 5.66. The fourth-order valence-electron chi connectivity index (χ4n) is 0.885. The fraction of sp³-hybridized carbons (Fsp3) is 0.250. The lowest BCUT2D eigenvalue weighted by Gasteiger charge is -2.04. The predicted octanol–water partition coefficient (Wildman–Crippen LogP) is 3.59. The number of nitrogens with zero attached hydrogens (tertiary/aromatic N) is 2. The topological polar surface area (TPSA) is 17.2 Å². The molecule has 0 aliphatic carbocycles. The van der Waals surface area contributed by atoms with Crippen LogP contribution in [0, 0.1) is 6.57 Å². The summed E-state index contributed by atoms with van der Waals surface area (Å²) in [4.78, 5) is 7.41. The van der Waals surface area contributed by atoms with Crippen molar-refractivity contribution < 1.29 is 0 Å². The Labute approximate surface area is 88.1 Å². The molecule has 1 unspecified atom stereocenters. The molecule has 0 amide bonds. The van der Waals surface area contributed by atoms with Gasteiger partial charge in [0.15, 0.2) is 0 Å². The molecule has 0 N–H and O–H groups in total. The molecule has 1 aromatic heterocycles. The molecule has 0 saturated heterocycles. The van der Waals surface area contributed by atoms with Crippen LogP contribution in [0.5, 0.6) is 0 Å². The molecule has 0 spiro atoms. The minimum atomic E-state index is -0.142. The van der Waals surface area contributed by atoms with E-state index in [-0.39, 0.29) is 6.04 Å². The minimum Gasteiger partial charge on any atom is -0.309 e. The number of hydrogen-bond acceptors (Lipinski definition) is 1. The van der Waals surface area contributed by atoms with E-state index in [9.17, 15) is 0 Å². The zero-order valence-corrected chi connectivity index (χ0v) is 9.55. The van der Waals surface area contributed by atoms with Crippen LogP contribution in [0.3, 0.4) is 0 Å². The van der Waals surface area contributed by atoms with E-state index in [1.807, 2.05) is 6.92 Å². The lowest BCUT2D eigenvalue weighted by Crippen LogP contribution is -1.91. The lowest BCUT2D eigenvalue weighted by molar-refractivity contribution is 0.937. The largest absolute Gasteiger partial charge is 0.309 e. The van der Waals surface area contributed by atoms with Gasteiger partial charge in [0, 0.05) is 28.3 Å². The Morgan fingerprint density at radius 2 is 1.92 bits per heavy atom. The number of pyridine rings is 1. The second kappa shape index (κ2) is 4.01. The monoisotopic (exact) mass is 288 g/mol. The van der Waals surface area contributed by atoms with Gasteiger partial charge in [0.1, 0.15) is 0 Å². The van der Waals surface area contributed by atoms with Crippen LogP contribution in [0.4, 0.5) is 0 Å². The molecule has 12 heavy (non-hydrogen) atoms. The van der Waals surface area contributed by atoms with Gasteiger partial charge >= 0.3 is 0 Å². The van der Waals surface area contributed by atoms with Crippen molar-refractivity contribution in [2.45, 2.75) is 13.0 Å². The van der Waals surface area contributed by atoms with Gasteiger partial charge in [0.2, 0.25) is 6.04 Å². The molecule has 1 aromatic rings. The second-order valence-electron chi connectivity index (χ2n) is 2.32. The van der Waals surface area contributed by atoms with Crippen LogP contribution in [0.15, 0.2) is 21.3 Å². The average molecular weight is 290 g/mol. The van der Waals surface area contributed by atoms with Crippen molar-refractivity contribution in [3.63, 3.8) is 0 Å². The van der Waals surface area contributed by atoms with Crippen LogP contribution >= 0.6 is 31.9 Å². The van der Waals surface area contributed by atoms with Crippen LogP contribution in [0.2, 0.25) is 0 Å². The van der Waals surface area contributed by atoms with Crippen molar-refractivity contribution in [2.75, 3.05) is 0 Å². The van der Waals surface area contributed by atoms with Gasteiger partial charge in [-0.25, -0.2) is 6.57 Å². The van der Waals surface area contributed by atoms with Crippen LogP contribution in [0.1, 0.15) is 18.5 Å². The number of aromatic nitrogens is 1. The molecule has 0 aromatic carbocycles. The van der Waals surface area contributed by atoms with Crippen LogP contribution in [0.25, 0.3) is 4.85 Å². The molecule has 1 heterocycles. The summed E-state index contributed by atoms with van der Waals surface area (Å²) >= 11 is 6.71. The lowest BCUT2D eigenvalue weighted by atomic mass is 10.1. The molecule has 0 fully saturated rings. The van der Waals surface area contributed by atoms with Gasteiger partial charge in [-0.05, 0) is 31.9 Å². The van der Waals surface area contributed by atoms with Gasteiger partial charge in [-0.2, -0.15) is 0 Å². The Kier molecular flexibility index (Phi) is 3.24. The maximum atomic E-state index is 6.90. The Morgan fingerprint density at radius 1 is 1.42 bits per heavy atom. The van der Waals surface area contributed by atoms with Crippen molar-refractivity contribution >= 4 is 31.9 Å². The third-order valence-electron chi connectivity index (χ3n) is 1.50. The fourth-order valence-corrected chi connectivity index (χ4v) is 2.48. The maximum absolute atomic E-state index is 6.90. The van der Waals surface area contributed by atoms with Gasteiger partial charge in [-0.3, -0.25) is 4.98 Å². The predicted molar refractivity (Wildman–Crippen MR) is 54.7 cm³/mol. The van der Waals surface area contributed by atoms with E-state index in [2.05, 4.69) is 41.7 Å². The molecule has 0 radical (unpaired) electrons. The molecular weight excluding hydrogens is 284 g/mol. The molecule has 0 aliphatic rings. The van der Waals surface area contributed by atoms with E-state index in [4.69, 9.17) is 6.57 Å². The maximum Gasteiger partial charge on any atom is 0.248 e. The minimum absolute atomic E-state index is 0.142. The molecule has 2 nitrogen and oxygen atoms in total. The average Bonchev–Trinajstić information content (AvgIpc) is 2.03. The second-order valence-corrected chi connectivity index (χ2v) is 4.03. The van der Waals surface area contributed by atoms with Crippen LogP contribution in [-0.2, 0) is 0 Å². The summed E-state index contributed by atoms with van der Waals surface area (Å²) in [6.07, 6.45) is 3.39. The van der Waals surface area contributed by atoms with Crippen molar-refractivity contribution in [1.29, 1.82) is 0 Å². The Bertz CT molecular complexity index is 310. The van der Waals surface area contributed by atoms with E-state index >= 15 is 0 Å². The van der Waals surface area contributed by atoms with E-state index in [0.717, 1.165) is 14.5 Å². The van der Waals surface area contributed by atoms with Crippen molar-refractivity contribution in [2.24, 2.45) is 0 Å². The molecule has 0 aliphatic heterocycles. The summed E-state index contributed by atoms with van der Waals surface area (Å²) in [6, 6.07) is -0.142. The van der Waals surface area contributed by atoms with Crippen molar-refractivity contribution in [3.05, 3.63) is 38.3 Å². The highest BCUT2D eigenvalue weighted by Gasteiger charge is 2.16. The SMILES string of the molecule is [C-]#[N+]C(C)c1c(Br)cncc1Br. The summed E-state index contributed by atoms with van der Waals surface area (Å²) in [5, 5.41) is 0. The summed E-state index contributed by atoms with van der Waals surface area (Å²) in [6.45, 7) is 8.76. The first-order valence-corrected chi connectivity index (χ1v) is 4.91. The van der Waals surface area contributed by atoms with Gasteiger partial charge in [-0.15, -0.1) is 0 Å². The Balaban J connectivity index is 3.23. The van der Waals surface area contributed by atoms with E-state index < -0.39 is 0 Å². The molecule has 4 heteroatoms. The highest BCUT2D eigenvalue weighted by Crippen LogP contribution is 2.31. The number of rotatable bonds is 1. The Morgan fingerprint density at radius 3 is 2.33 bits per heavy atom. The number of halogens is 2. The summed E-state index contributed by atoms with van der Waals surface area (Å²) in [5.41, 5.74) is 0.958. The highest BCUT2D eigenvalue weighted by molar-refractivity contribution is 9.11. The van der Waals surface area contributed by atoms with Crippen molar-refractivity contribution in [3.8, 4) is 0 Å². The van der Waals surface area contributed by atoms with Crippen LogP contribution in [-0.4, -0.2) is 4.98 Å². The first-order valence-electron chi connectivity index (χ1n) is 3.32. The van der Waals surface area contributed by atoms with Gasteiger partial charge in [-0.1, -0.05) is 0 Å². The van der Waals surface area contributed by atoms with Crippen molar-refractivity contribution in [1.82, 2.24) is 4.98 Å². The molecular formula is C8H6Br2N2. The number of hydrogen-bond donors (Lipinski definition) is 0. The van der Waals surface area contributed by atoms with E-state index in [1.165, 1.54) is 0 Å². The van der Waals surface area contributed by atoms with Gasteiger partial charge in [0.05, 0.1) is 5.56 Å². The third-order valence-corrected chi connectivity index (χ3v) is 2.77. The Hall–Kier alpha value is -0.400. The molecule has 0 bridgehead atoms. The smallest absolute Gasteiger partial charge is 0.248 e. The third kappa shape index (κ3) is 1.85. The zero-order valence-electron chi connectivity index (χ0n) is 6.38. The zero-order chi connectivity index (χ0) is 9.14. The van der Waals surface area contributed by atoms with E-state index in [0.29, 0.717) is 0 Å². The van der Waals surface area contributed by atoms with E-state index in [1.54, 1.807) is 12.4 Å². The van der Waals surface area contributed by atoms with Gasteiger partial charge < -0.3 is 4.85 Å². The quantitative estimate of drug-likeness (QED) is 0.722. The molecule has 1 atom stereocenters. The first kappa shape index (κ1) is 9.69. The molecule has 0 saturated carbocycles. The highest BCUT2D eigenvalue weighted by atomic mass is 79.9. The normalized spacial score (nSPS) is 12.2. The summed E-state index contributed by atoms with van der Waals surface area (Å²) in [5.74, 6) is 0.